The monoisotopic (exact) mass is 429 g/mol. The van der Waals surface area contributed by atoms with Crippen LogP contribution in [0.5, 0.6) is 5.88 Å². The van der Waals surface area contributed by atoms with Crippen molar-refractivity contribution < 1.29 is 31.4 Å². The molecule has 1 saturated carbocycles. The molecule has 0 aromatic carbocycles. The summed E-state index contributed by atoms with van der Waals surface area (Å²) < 4.78 is 79.8. The molecule has 0 amide bonds. The Bertz CT molecular complexity index is 1090. The van der Waals surface area contributed by atoms with Crippen LogP contribution in [-0.4, -0.2) is 43.5 Å². The standard InChI is InChI=1S/C18H16F5N5O2/c1-16(20,29-2)15-27-26-13-8-24-12(9-28(13)15)10-6-11(19)14(25-7-10)30-17(4-3-5-17)18(21,22)23/h6-9H,3-5H2,1-2H3. The van der Waals surface area contributed by atoms with Gasteiger partial charge in [0.1, 0.15) is 0 Å². The van der Waals surface area contributed by atoms with Crippen LogP contribution in [0.25, 0.3) is 16.9 Å². The molecule has 1 aliphatic carbocycles. The predicted octanol–water partition coefficient (Wildman–Crippen LogP) is 3.98. The molecule has 160 valence electrons. The Hall–Kier alpha value is -2.89. The fourth-order valence-corrected chi connectivity index (χ4v) is 3.11. The molecule has 0 saturated heterocycles. The number of halogens is 5. The fourth-order valence-electron chi connectivity index (χ4n) is 3.11. The third-order valence-corrected chi connectivity index (χ3v) is 5.15. The highest BCUT2D eigenvalue weighted by Crippen LogP contribution is 2.48. The molecule has 1 aliphatic rings. The first-order valence-corrected chi connectivity index (χ1v) is 8.93. The van der Waals surface area contributed by atoms with Gasteiger partial charge in [0.05, 0.1) is 11.9 Å². The number of methoxy groups -OCH3 is 1. The molecule has 1 atom stereocenters. The van der Waals surface area contributed by atoms with Gasteiger partial charge >= 0.3 is 6.18 Å². The Morgan fingerprint density at radius 2 is 1.83 bits per heavy atom. The number of aromatic nitrogens is 5. The van der Waals surface area contributed by atoms with E-state index in [1.54, 1.807) is 0 Å². The highest BCUT2D eigenvalue weighted by molar-refractivity contribution is 5.59. The summed E-state index contributed by atoms with van der Waals surface area (Å²) in [5.41, 5.74) is -1.88. The van der Waals surface area contributed by atoms with Crippen LogP contribution in [-0.2, 0) is 10.6 Å². The molecule has 12 heteroatoms. The van der Waals surface area contributed by atoms with Crippen LogP contribution < -0.4 is 4.74 Å². The van der Waals surface area contributed by atoms with Gasteiger partial charge in [0.25, 0.3) is 11.7 Å². The van der Waals surface area contributed by atoms with Gasteiger partial charge in [0, 0.05) is 32.0 Å². The highest BCUT2D eigenvalue weighted by Gasteiger charge is 2.61. The Labute approximate surface area is 166 Å². The topological polar surface area (TPSA) is 74.4 Å². The molecule has 0 N–H and O–H groups in total. The third-order valence-electron chi connectivity index (χ3n) is 5.15. The second kappa shape index (κ2) is 6.83. The average Bonchev–Trinajstić information content (AvgIpc) is 3.08. The van der Waals surface area contributed by atoms with E-state index in [4.69, 9.17) is 9.47 Å². The minimum Gasteiger partial charge on any atom is -0.459 e. The van der Waals surface area contributed by atoms with Gasteiger partial charge in [-0.1, -0.05) is 0 Å². The molecule has 4 rings (SSSR count). The van der Waals surface area contributed by atoms with E-state index in [2.05, 4.69) is 20.2 Å². The van der Waals surface area contributed by atoms with E-state index < -0.39 is 29.3 Å². The van der Waals surface area contributed by atoms with Crippen LogP contribution >= 0.6 is 0 Å². The highest BCUT2D eigenvalue weighted by atomic mass is 19.4. The fraction of sp³-hybridized carbons (Fsp3) is 0.444. The summed E-state index contributed by atoms with van der Waals surface area (Å²) in [6, 6.07) is 0.953. The van der Waals surface area contributed by atoms with Crippen LogP contribution in [0, 0.1) is 5.82 Å². The Balaban J connectivity index is 1.68. The number of ether oxygens (including phenoxy) is 2. The molecular weight excluding hydrogens is 413 g/mol. The number of hydrogen-bond acceptors (Lipinski definition) is 6. The van der Waals surface area contributed by atoms with Crippen molar-refractivity contribution in [3.8, 4) is 17.1 Å². The summed E-state index contributed by atoms with van der Waals surface area (Å²) in [5, 5.41) is 7.53. The van der Waals surface area contributed by atoms with Crippen LogP contribution in [0.1, 0.15) is 32.0 Å². The molecule has 1 unspecified atom stereocenters. The SMILES string of the molecule is COC(C)(F)c1nnc2cnc(-c3cnc(OC4(C(F)(F)F)CCC4)c(F)c3)cn12. The minimum atomic E-state index is -4.63. The van der Waals surface area contributed by atoms with E-state index in [0.717, 1.165) is 26.3 Å². The molecule has 0 bridgehead atoms. The molecule has 3 heterocycles. The summed E-state index contributed by atoms with van der Waals surface area (Å²) in [6.45, 7) is 1.15. The lowest BCUT2D eigenvalue weighted by atomic mass is 9.79. The summed E-state index contributed by atoms with van der Waals surface area (Å²) in [7, 11) is 1.16. The maximum Gasteiger partial charge on any atom is 0.428 e. The van der Waals surface area contributed by atoms with E-state index in [0.29, 0.717) is 6.42 Å². The first kappa shape index (κ1) is 20.4. The first-order chi connectivity index (χ1) is 14.1. The van der Waals surface area contributed by atoms with Crippen molar-refractivity contribution in [1.29, 1.82) is 0 Å². The lowest BCUT2D eigenvalue weighted by Gasteiger charge is -2.42. The number of pyridine rings is 1. The summed E-state index contributed by atoms with van der Waals surface area (Å²) >= 11 is 0. The van der Waals surface area contributed by atoms with Crippen LogP contribution in [0.2, 0.25) is 0 Å². The zero-order valence-corrected chi connectivity index (χ0v) is 15.9. The maximum absolute atomic E-state index is 14.5. The minimum absolute atomic E-state index is 0.147. The largest absolute Gasteiger partial charge is 0.459 e. The van der Waals surface area contributed by atoms with E-state index in [1.807, 2.05) is 0 Å². The number of rotatable bonds is 5. The molecule has 3 aromatic heterocycles. The van der Waals surface area contributed by atoms with Crippen LogP contribution in [0.15, 0.2) is 24.7 Å². The molecule has 30 heavy (non-hydrogen) atoms. The van der Waals surface area contributed by atoms with Crippen molar-refractivity contribution in [2.75, 3.05) is 7.11 Å². The molecule has 0 spiro atoms. The van der Waals surface area contributed by atoms with Crippen molar-refractivity contribution in [2.24, 2.45) is 0 Å². The van der Waals surface area contributed by atoms with Gasteiger partial charge in [0.15, 0.2) is 11.5 Å². The first-order valence-electron chi connectivity index (χ1n) is 8.93. The Morgan fingerprint density at radius 1 is 1.10 bits per heavy atom. The third kappa shape index (κ3) is 3.24. The van der Waals surface area contributed by atoms with Gasteiger partial charge in [-0.15, -0.1) is 10.2 Å². The molecular formula is C18H16F5N5O2. The van der Waals surface area contributed by atoms with Crippen molar-refractivity contribution in [3.05, 3.63) is 36.3 Å². The number of hydrogen-bond donors (Lipinski definition) is 0. The zero-order valence-electron chi connectivity index (χ0n) is 15.9. The van der Waals surface area contributed by atoms with Crippen LogP contribution in [0.4, 0.5) is 22.0 Å². The van der Waals surface area contributed by atoms with Crippen molar-refractivity contribution in [2.45, 2.75) is 43.8 Å². The van der Waals surface area contributed by atoms with Crippen molar-refractivity contribution in [3.63, 3.8) is 0 Å². The van der Waals surface area contributed by atoms with Gasteiger partial charge in [0.2, 0.25) is 11.4 Å². The smallest absolute Gasteiger partial charge is 0.428 e. The van der Waals surface area contributed by atoms with E-state index in [-0.39, 0.29) is 35.6 Å². The molecule has 0 radical (unpaired) electrons. The summed E-state index contributed by atoms with van der Waals surface area (Å²) in [6.07, 6.45) is -1.04. The molecule has 1 fully saturated rings. The summed E-state index contributed by atoms with van der Waals surface area (Å²) in [5.74, 6) is -4.21. The average molecular weight is 429 g/mol. The van der Waals surface area contributed by atoms with E-state index in [1.165, 1.54) is 16.8 Å². The second-order valence-electron chi connectivity index (χ2n) is 7.10. The van der Waals surface area contributed by atoms with Gasteiger partial charge in [-0.2, -0.15) is 13.2 Å². The number of alkyl halides is 4. The zero-order chi connectivity index (χ0) is 21.7. The Morgan fingerprint density at radius 3 is 2.40 bits per heavy atom. The second-order valence-corrected chi connectivity index (χ2v) is 7.10. The maximum atomic E-state index is 14.5. The lowest BCUT2D eigenvalue weighted by Crippen LogP contribution is -2.55. The van der Waals surface area contributed by atoms with Gasteiger partial charge in [-0.3, -0.25) is 9.38 Å². The lowest BCUT2D eigenvalue weighted by molar-refractivity contribution is -0.275. The summed E-state index contributed by atoms with van der Waals surface area (Å²) in [4.78, 5) is 7.81. The molecule has 3 aromatic rings. The Kier molecular flexibility index (Phi) is 4.64. The molecule has 7 nitrogen and oxygen atoms in total. The van der Waals surface area contributed by atoms with Crippen molar-refractivity contribution in [1.82, 2.24) is 24.6 Å². The predicted molar refractivity (Wildman–Crippen MR) is 92.7 cm³/mol. The molecule has 0 aliphatic heterocycles. The normalized spacial score (nSPS) is 18.1. The number of fused-ring (bicyclic) bond motifs is 1. The van der Waals surface area contributed by atoms with Gasteiger partial charge in [-0.05, 0) is 25.3 Å². The van der Waals surface area contributed by atoms with E-state index in [9.17, 15) is 22.0 Å². The van der Waals surface area contributed by atoms with Crippen LogP contribution in [0.3, 0.4) is 0 Å². The van der Waals surface area contributed by atoms with Gasteiger partial charge in [-0.25, -0.2) is 13.8 Å². The number of nitrogens with zero attached hydrogens (tertiary/aromatic N) is 5. The van der Waals surface area contributed by atoms with E-state index >= 15 is 0 Å². The van der Waals surface area contributed by atoms with Crippen molar-refractivity contribution >= 4 is 5.65 Å². The van der Waals surface area contributed by atoms with Gasteiger partial charge < -0.3 is 9.47 Å². The quantitative estimate of drug-likeness (QED) is 0.572.